The molecule has 0 aliphatic rings. The molecule has 0 saturated carbocycles. The lowest BCUT2D eigenvalue weighted by molar-refractivity contribution is -0.189. The first-order chi connectivity index (χ1) is 17.2. The van der Waals surface area contributed by atoms with E-state index in [1.165, 1.54) is 0 Å². The fourth-order valence-corrected chi connectivity index (χ4v) is 3.14. The van der Waals surface area contributed by atoms with Gasteiger partial charge in [0.05, 0.1) is 11.7 Å². The molecule has 0 aliphatic heterocycles. The van der Waals surface area contributed by atoms with Crippen LogP contribution in [0, 0.1) is 17.5 Å². The molecule has 1 N–H and O–H groups in total. The molecule has 1 amide bonds. The predicted molar refractivity (Wildman–Crippen MR) is 120 cm³/mol. The molecule has 0 bridgehead atoms. The first-order valence-electron chi connectivity index (χ1n) is 10.9. The van der Waals surface area contributed by atoms with Gasteiger partial charge in [-0.25, -0.2) is 22.5 Å². The number of para-hydroxylation sites is 1. The highest BCUT2D eigenvalue weighted by molar-refractivity contribution is 6.06. The topological polar surface area (TPSA) is 87.4 Å². The number of rotatable bonds is 8. The van der Waals surface area contributed by atoms with Crippen molar-refractivity contribution in [3.05, 3.63) is 63.8 Å². The number of benzene rings is 2. The summed E-state index contributed by atoms with van der Waals surface area (Å²) in [6, 6.07) is 3.65. The number of carbonyl (C=O) groups is 1. The highest BCUT2D eigenvalue weighted by Gasteiger charge is 2.39. The second-order valence-corrected chi connectivity index (χ2v) is 8.04. The Morgan fingerprint density at radius 1 is 1.05 bits per heavy atom. The lowest BCUT2D eigenvalue weighted by atomic mass is 10.1. The lowest BCUT2D eigenvalue weighted by Crippen LogP contribution is -2.32. The van der Waals surface area contributed by atoms with E-state index in [0.29, 0.717) is 23.7 Å². The Hall–Kier alpha value is -3.97. The third-order valence-corrected chi connectivity index (χ3v) is 4.97. The van der Waals surface area contributed by atoms with Crippen molar-refractivity contribution in [2.45, 2.75) is 52.6 Å². The maximum Gasteiger partial charge on any atom is 0.425 e. The first kappa shape index (κ1) is 27.6. The summed E-state index contributed by atoms with van der Waals surface area (Å²) in [7, 11) is 0. The summed E-state index contributed by atoms with van der Waals surface area (Å²) in [6.07, 6.45) is -7.78. The number of hydrogen-bond acceptors (Lipinski definition) is 5. The van der Waals surface area contributed by atoms with Gasteiger partial charge in [0.25, 0.3) is 5.91 Å². The van der Waals surface area contributed by atoms with Gasteiger partial charge in [-0.2, -0.15) is 17.9 Å². The zero-order chi connectivity index (χ0) is 27.7. The Labute approximate surface area is 206 Å². The second-order valence-electron chi connectivity index (χ2n) is 8.04. The highest BCUT2D eigenvalue weighted by Crippen LogP contribution is 2.31. The normalized spacial score (nSPS) is 12.5. The summed E-state index contributed by atoms with van der Waals surface area (Å²) < 4.78 is 94.8. The van der Waals surface area contributed by atoms with E-state index in [1.54, 1.807) is 20.8 Å². The van der Waals surface area contributed by atoms with E-state index in [-0.39, 0.29) is 12.6 Å². The Morgan fingerprint density at radius 3 is 2.22 bits per heavy atom. The van der Waals surface area contributed by atoms with Crippen LogP contribution in [0.25, 0.3) is 5.69 Å². The number of aromatic nitrogens is 3. The monoisotopic (exact) mass is 532 g/mol. The quantitative estimate of drug-likeness (QED) is 0.420. The van der Waals surface area contributed by atoms with Crippen LogP contribution in [-0.2, 0) is 6.54 Å². The minimum atomic E-state index is -4.89. The van der Waals surface area contributed by atoms with Crippen LogP contribution in [0.2, 0.25) is 0 Å². The molecule has 0 spiro atoms. The Bertz CT molecular complexity index is 1350. The van der Waals surface area contributed by atoms with Gasteiger partial charge in [-0.1, -0.05) is 6.07 Å². The van der Waals surface area contributed by atoms with Crippen molar-refractivity contribution in [2.24, 2.45) is 0 Å². The minimum Gasteiger partial charge on any atom is -0.480 e. The van der Waals surface area contributed by atoms with Gasteiger partial charge < -0.3 is 14.8 Å². The number of nitrogens with one attached hydrogen (secondary N) is 1. The summed E-state index contributed by atoms with van der Waals surface area (Å²) >= 11 is 0. The SMILES string of the molecule is CCn1c(OC(C)C)nn(-c2cc(OC(C)C(F)(F)F)c(C(=O)Nc3c(F)cccc3F)cc2F)c1=O. The smallest absolute Gasteiger partial charge is 0.425 e. The number of alkyl halides is 3. The molecule has 0 fully saturated rings. The first-order valence-corrected chi connectivity index (χ1v) is 10.9. The van der Waals surface area contributed by atoms with Crippen LogP contribution in [0.1, 0.15) is 38.1 Å². The molecule has 200 valence electrons. The van der Waals surface area contributed by atoms with E-state index in [0.717, 1.165) is 22.8 Å². The van der Waals surface area contributed by atoms with Crippen LogP contribution in [-0.4, -0.2) is 38.6 Å². The third-order valence-electron chi connectivity index (χ3n) is 4.97. The number of nitrogens with zero attached hydrogens (tertiary/aromatic N) is 3. The maximum absolute atomic E-state index is 15.2. The maximum atomic E-state index is 15.2. The standard InChI is InChI=1S/C23H22F6N4O4/c1-5-32-21(36-11(2)3)31-33(22(32)35)17-10-18(37-12(4)23(27,28)29)13(9-16(17)26)20(34)30-19-14(24)7-6-8-15(19)25/h6-12H,5H2,1-4H3,(H,30,34). The molecule has 8 nitrogen and oxygen atoms in total. The van der Waals surface area contributed by atoms with Crippen molar-refractivity contribution in [3.63, 3.8) is 0 Å². The largest absolute Gasteiger partial charge is 0.480 e. The van der Waals surface area contributed by atoms with Crippen LogP contribution < -0.4 is 20.5 Å². The summed E-state index contributed by atoms with van der Waals surface area (Å²) in [5, 5.41) is 5.78. The van der Waals surface area contributed by atoms with Gasteiger partial charge in [-0.05, 0) is 45.9 Å². The number of hydrogen-bond donors (Lipinski definition) is 1. The molecule has 0 saturated heterocycles. The number of carbonyl (C=O) groups excluding carboxylic acids is 1. The van der Waals surface area contributed by atoms with Crippen LogP contribution in [0.5, 0.6) is 11.8 Å². The van der Waals surface area contributed by atoms with E-state index in [4.69, 9.17) is 9.47 Å². The van der Waals surface area contributed by atoms with Crippen LogP contribution in [0.15, 0.2) is 35.1 Å². The van der Waals surface area contributed by atoms with Crippen molar-refractivity contribution >= 4 is 11.6 Å². The second kappa shape index (κ2) is 10.6. The summed E-state index contributed by atoms with van der Waals surface area (Å²) in [6.45, 7) is 5.60. The van der Waals surface area contributed by atoms with Crippen molar-refractivity contribution in [1.29, 1.82) is 0 Å². The molecule has 1 heterocycles. The number of anilines is 1. The van der Waals surface area contributed by atoms with Crippen LogP contribution >= 0.6 is 0 Å². The number of halogens is 6. The Morgan fingerprint density at radius 2 is 1.68 bits per heavy atom. The van der Waals surface area contributed by atoms with E-state index in [2.05, 4.69) is 5.10 Å². The van der Waals surface area contributed by atoms with E-state index < -0.39 is 70.1 Å². The summed E-state index contributed by atoms with van der Waals surface area (Å²) in [4.78, 5) is 25.6. The average molecular weight is 532 g/mol. The van der Waals surface area contributed by atoms with Crippen molar-refractivity contribution in [1.82, 2.24) is 14.3 Å². The van der Waals surface area contributed by atoms with Crippen molar-refractivity contribution in [3.8, 4) is 17.4 Å². The minimum absolute atomic E-state index is 0.0751. The Balaban J connectivity index is 2.16. The molecule has 2 aromatic carbocycles. The molecule has 0 radical (unpaired) electrons. The summed E-state index contributed by atoms with van der Waals surface area (Å²) in [5.74, 6) is -5.80. The van der Waals surface area contributed by atoms with Crippen LogP contribution in [0.4, 0.5) is 32.0 Å². The van der Waals surface area contributed by atoms with Crippen molar-refractivity contribution < 1.29 is 40.6 Å². The molecule has 1 aromatic heterocycles. The fraction of sp³-hybridized carbons (Fsp3) is 0.348. The van der Waals surface area contributed by atoms with Gasteiger partial charge in [0, 0.05) is 12.6 Å². The van der Waals surface area contributed by atoms with Gasteiger partial charge >= 0.3 is 17.9 Å². The number of amides is 1. The van der Waals surface area contributed by atoms with E-state index in [9.17, 15) is 31.5 Å². The molecule has 1 unspecified atom stereocenters. The lowest BCUT2D eigenvalue weighted by Gasteiger charge is -2.20. The molecule has 1 atom stereocenters. The van der Waals surface area contributed by atoms with Gasteiger partial charge in [0.1, 0.15) is 34.6 Å². The molecule has 0 aliphatic carbocycles. The van der Waals surface area contributed by atoms with Gasteiger partial charge in [0.15, 0.2) is 6.10 Å². The molecular weight excluding hydrogens is 510 g/mol. The Kier molecular flexibility index (Phi) is 7.88. The molecule has 3 aromatic rings. The van der Waals surface area contributed by atoms with Crippen LogP contribution in [0.3, 0.4) is 0 Å². The molecule has 37 heavy (non-hydrogen) atoms. The number of ether oxygens (including phenoxy) is 2. The zero-order valence-electron chi connectivity index (χ0n) is 20.0. The summed E-state index contributed by atoms with van der Waals surface area (Å²) in [5.41, 5.74) is -3.25. The molecule has 3 rings (SSSR count). The predicted octanol–water partition coefficient (Wildman–Crippen LogP) is 4.84. The van der Waals surface area contributed by atoms with Gasteiger partial charge in [-0.3, -0.25) is 4.79 Å². The molecule has 14 heteroatoms. The molecular formula is C23H22F6N4O4. The third kappa shape index (κ3) is 5.89. The van der Waals surface area contributed by atoms with Gasteiger partial charge in [-0.15, -0.1) is 5.10 Å². The van der Waals surface area contributed by atoms with Crippen molar-refractivity contribution in [2.75, 3.05) is 5.32 Å². The van der Waals surface area contributed by atoms with Gasteiger partial charge in [0.2, 0.25) is 0 Å². The fourth-order valence-electron chi connectivity index (χ4n) is 3.14. The van der Waals surface area contributed by atoms with E-state index in [1.807, 2.05) is 5.32 Å². The van der Waals surface area contributed by atoms with E-state index >= 15 is 4.39 Å². The highest BCUT2D eigenvalue weighted by atomic mass is 19.4. The zero-order valence-corrected chi connectivity index (χ0v) is 20.0. The average Bonchev–Trinajstić information content (AvgIpc) is 3.10.